The minimum absolute atomic E-state index is 0.296. The molecule has 0 saturated carbocycles. The van der Waals surface area contributed by atoms with E-state index >= 15 is 0 Å². The van der Waals surface area contributed by atoms with Gasteiger partial charge in [0.15, 0.2) is 0 Å². The summed E-state index contributed by atoms with van der Waals surface area (Å²) in [7, 11) is 0. The highest BCUT2D eigenvalue weighted by Gasteiger charge is 2.03. The van der Waals surface area contributed by atoms with E-state index in [-0.39, 0.29) is 0 Å². The van der Waals surface area contributed by atoms with Gasteiger partial charge >= 0.3 is 5.97 Å². The lowest BCUT2D eigenvalue weighted by molar-refractivity contribution is 0.0697. The monoisotopic (exact) mass is 255 g/mol. The molecule has 0 amide bonds. The number of aromatic carboxylic acids is 1. The summed E-state index contributed by atoms with van der Waals surface area (Å²) in [5.41, 5.74) is 4.84. The van der Waals surface area contributed by atoms with Gasteiger partial charge in [0.1, 0.15) is 0 Å². The number of rotatable bonds is 4. The van der Waals surface area contributed by atoms with Crippen LogP contribution >= 0.6 is 0 Å². The summed E-state index contributed by atoms with van der Waals surface area (Å²) in [5.74, 6) is -0.908. The standard InChI is InChI=1S/C16H17NO2/c1-11-6-7-13(8-12(11)2)10-17-15-5-3-4-14(9-15)16(18)19/h3-9,17H,10H2,1-2H3,(H,18,19). The Labute approximate surface area is 112 Å². The molecule has 0 fully saturated rings. The maximum Gasteiger partial charge on any atom is 0.335 e. The van der Waals surface area contributed by atoms with Gasteiger partial charge in [-0.15, -0.1) is 0 Å². The Morgan fingerprint density at radius 2 is 1.89 bits per heavy atom. The van der Waals surface area contributed by atoms with E-state index in [0.29, 0.717) is 12.1 Å². The molecule has 2 rings (SSSR count). The number of hydrogen-bond donors (Lipinski definition) is 2. The third kappa shape index (κ3) is 3.35. The van der Waals surface area contributed by atoms with Crippen molar-refractivity contribution in [2.75, 3.05) is 5.32 Å². The quantitative estimate of drug-likeness (QED) is 0.877. The zero-order valence-electron chi connectivity index (χ0n) is 11.1. The molecule has 0 aliphatic heterocycles. The molecule has 0 aliphatic carbocycles. The van der Waals surface area contributed by atoms with Gasteiger partial charge in [0.2, 0.25) is 0 Å². The van der Waals surface area contributed by atoms with Gasteiger partial charge in [0.25, 0.3) is 0 Å². The van der Waals surface area contributed by atoms with Crippen molar-refractivity contribution in [1.29, 1.82) is 0 Å². The van der Waals surface area contributed by atoms with Crippen molar-refractivity contribution in [3.05, 3.63) is 64.7 Å². The minimum Gasteiger partial charge on any atom is -0.478 e. The maximum atomic E-state index is 10.9. The summed E-state index contributed by atoms with van der Waals surface area (Å²) in [6.45, 7) is 4.86. The summed E-state index contributed by atoms with van der Waals surface area (Å²) in [4.78, 5) is 10.9. The first kappa shape index (κ1) is 13.1. The highest BCUT2D eigenvalue weighted by atomic mass is 16.4. The fraction of sp³-hybridized carbons (Fsp3) is 0.188. The van der Waals surface area contributed by atoms with Crippen LogP contribution in [0.15, 0.2) is 42.5 Å². The Hall–Kier alpha value is -2.29. The van der Waals surface area contributed by atoms with Crippen LogP contribution in [0.3, 0.4) is 0 Å². The van der Waals surface area contributed by atoms with E-state index in [2.05, 4.69) is 37.4 Å². The van der Waals surface area contributed by atoms with Gasteiger partial charge in [-0.3, -0.25) is 0 Å². The molecule has 2 aromatic carbocycles. The molecule has 2 N–H and O–H groups in total. The lowest BCUT2D eigenvalue weighted by Gasteiger charge is -2.09. The van der Waals surface area contributed by atoms with Gasteiger partial charge in [0, 0.05) is 12.2 Å². The number of carboxylic acids is 1. The summed E-state index contributed by atoms with van der Waals surface area (Å²) >= 11 is 0. The lowest BCUT2D eigenvalue weighted by atomic mass is 10.1. The van der Waals surface area contributed by atoms with Crippen LogP contribution in [0.5, 0.6) is 0 Å². The first-order valence-electron chi connectivity index (χ1n) is 6.19. The molecule has 0 heterocycles. The van der Waals surface area contributed by atoms with E-state index in [1.165, 1.54) is 16.7 Å². The van der Waals surface area contributed by atoms with Crippen molar-refractivity contribution < 1.29 is 9.90 Å². The molecule has 2 aromatic rings. The Morgan fingerprint density at radius 3 is 2.58 bits per heavy atom. The molecule has 98 valence electrons. The van der Waals surface area contributed by atoms with E-state index in [0.717, 1.165) is 5.69 Å². The topological polar surface area (TPSA) is 49.3 Å². The predicted molar refractivity (Wildman–Crippen MR) is 76.6 cm³/mol. The van der Waals surface area contributed by atoms with Crippen LogP contribution in [0.2, 0.25) is 0 Å². The zero-order chi connectivity index (χ0) is 13.8. The fourth-order valence-corrected chi connectivity index (χ4v) is 1.88. The Bertz CT molecular complexity index is 605. The van der Waals surface area contributed by atoms with E-state index in [9.17, 15) is 4.79 Å². The number of carboxylic acid groups (broad SMARTS) is 1. The van der Waals surface area contributed by atoms with Crippen LogP contribution in [0.4, 0.5) is 5.69 Å². The molecule has 0 aromatic heterocycles. The molecule has 3 heteroatoms. The third-order valence-electron chi connectivity index (χ3n) is 3.18. The first-order chi connectivity index (χ1) is 9.06. The number of aryl methyl sites for hydroxylation is 2. The lowest BCUT2D eigenvalue weighted by Crippen LogP contribution is -2.02. The third-order valence-corrected chi connectivity index (χ3v) is 3.18. The molecule has 0 radical (unpaired) electrons. The first-order valence-corrected chi connectivity index (χ1v) is 6.19. The average Bonchev–Trinajstić information content (AvgIpc) is 2.40. The predicted octanol–water partition coefficient (Wildman–Crippen LogP) is 3.61. The van der Waals surface area contributed by atoms with Crippen molar-refractivity contribution in [2.24, 2.45) is 0 Å². The second kappa shape index (κ2) is 5.57. The largest absolute Gasteiger partial charge is 0.478 e. The highest BCUT2D eigenvalue weighted by molar-refractivity contribution is 5.88. The molecule has 0 unspecified atom stereocenters. The van der Waals surface area contributed by atoms with Gasteiger partial charge in [-0.25, -0.2) is 4.79 Å². The van der Waals surface area contributed by atoms with Crippen molar-refractivity contribution in [1.82, 2.24) is 0 Å². The van der Waals surface area contributed by atoms with Crippen LogP contribution in [0.1, 0.15) is 27.0 Å². The molecule has 0 bridgehead atoms. The van der Waals surface area contributed by atoms with Gasteiger partial charge in [-0.05, 0) is 48.7 Å². The average molecular weight is 255 g/mol. The van der Waals surface area contributed by atoms with Gasteiger partial charge in [-0.1, -0.05) is 24.3 Å². The smallest absolute Gasteiger partial charge is 0.335 e. The Morgan fingerprint density at radius 1 is 1.11 bits per heavy atom. The Kier molecular flexibility index (Phi) is 3.85. The maximum absolute atomic E-state index is 10.9. The van der Waals surface area contributed by atoms with Crippen LogP contribution in [0, 0.1) is 13.8 Å². The number of carbonyl (C=O) groups is 1. The minimum atomic E-state index is -0.908. The molecule has 0 aliphatic rings. The second-order valence-corrected chi connectivity index (χ2v) is 4.66. The van der Waals surface area contributed by atoms with Crippen LogP contribution < -0.4 is 5.32 Å². The molecule has 19 heavy (non-hydrogen) atoms. The second-order valence-electron chi connectivity index (χ2n) is 4.66. The van der Waals surface area contributed by atoms with E-state index in [1.54, 1.807) is 18.2 Å². The summed E-state index contributed by atoms with van der Waals surface area (Å²) in [5, 5.41) is 12.2. The van der Waals surface area contributed by atoms with Crippen molar-refractivity contribution >= 4 is 11.7 Å². The normalized spacial score (nSPS) is 10.2. The highest BCUT2D eigenvalue weighted by Crippen LogP contribution is 2.14. The number of anilines is 1. The van der Waals surface area contributed by atoms with Gasteiger partial charge in [0.05, 0.1) is 5.56 Å². The summed E-state index contributed by atoms with van der Waals surface area (Å²) in [6, 6.07) is 13.2. The molecule has 0 atom stereocenters. The summed E-state index contributed by atoms with van der Waals surface area (Å²) in [6.07, 6.45) is 0. The van der Waals surface area contributed by atoms with E-state index in [4.69, 9.17) is 5.11 Å². The van der Waals surface area contributed by atoms with Crippen LogP contribution in [0.25, 0.3) is 0 Å². The van der Waals surface area contributed by atoms with E-state index in [1.807, 2.05) is 6.07 Å². The Balaban J connectivity index is 2.07. The fourth-order valence-electron chi connectivity index (χ4n) is 1.88. The number of nitrogens with one attached hydrogen (secondary N) is 1. The SMILES string of the molecule is Cc1ccc(CNc2cccc(C(=O)O)c2)cc1C. The number of benzene rings is 2. The molecule has 0 saturated heterocycles. The van der Waals surface area contributed by atoms with Crippen molar-refractivity contribution in [3.63, 3.8) is 0 Å². The molecule has 0 spiro atoms. The number of hydrogen-bond acceptors (Lipinski definition) is 2. The molecule has 3 nitrogen and oxygen atoms in total. The van der Waals surface area contributed by atoms with Gasteiger partial charge < -0.3 is 10.4 Å². The summed E-state index contributed by atoms with van der Waals surface area (Å²) < 4.78 is 0. The van der Waals surface area contributed by atoms with Crippen molar-refractivity contribution in [3.8, 4) is 0 Å². The van der Waals surface area contributed by atoms with Gasteiger partial charge in [-0.2, -0.15) is 0 Å². The van der Waals surface area contributed by atoms with Crippen molar-refractivity contribution in [2.45, 2.75) is 20.4 Å². The van der Waals surface area contributed by atoms with Crippen LogP contribution in [-0.2, 0) is 6.54 Å². The van der Waals surface area contributed by atoms with Crippen LogP contribution in [-0.4, -0.2) is 11.1 Å². The van der Waals surface area contributed by atoms with E-state index < -0.39 is 5.97 Å². The zero-order valence-corrected chi connectivity index (χ0v) is 11.1. The molecular formula is C16H17NO2. The molecular weight excluding hydrogens is 238 g/mol.